The van der Waals surface area contributed by atoms with E-state index in [2.05, 4.69) is 5.32 Å². The molecule has 0 bridgehead atoms. The maximum absolute atomic E-state index is 13.2. The first-order chi connectivity index (χ1) is 13.0. The summed E-state index contributed by atoms with van der Waals surface area (Å²) in [5.74, 6) is 0.122. The monoisotopic (exact) mass is 381 g/mol. The molecule has 4 rings (SSSR count). The molecule has 3 aromatic rings. The van der Waals surface area contributed by atoms with Gasteiger partial charge in [0.2, 0.25) is 0 Å². The predicted molar refractivity (Wildman–Crippen MR) is 102 cm³/mol. The van der Waals surface area contributed by atoms with E-state index in [1.54, 1.807) is 54.6 Å². The van der Waals surface area contributed by atoms with Crippen molar-refractivity contribution in [3.05, 3.63) is 89.5 Å². The first-order valence-electron chi connectivity index (χ1n) is 8.61. The SMILES string of the molecule is O=S(=O)(c1ccccc1)C1NCC(c2ccc(O)cc2)c2ccc(O)cc21. The molecular weight excluding hydrogens is 362 g/mol. The lowest BCUT2D eigenvalue weighted by Gasteiger charge is -2.33. The Kier molecular flexibility index (Phi) is 4.37. The number of fused-ring (bicyclic) bond motifs is 1. The summed E-state index contributed by atoms with van der Waals surface area (Å²) in [5, 5.41) is 21.7. The molecule has 27 heavy (non-hydrogen) atoms. The minimum Gasteiger partial charge on any atom is -0.508 e. The number of sulfone groups is 1. The third-order valence-electron chi connectivity index (χ3n) is 4.91. The van der Waals surface area contributed by atoms with E-state index in [0.717, 1.165) is 11.1 Å². The van der Waals surface area contributed by atoms with Crippen molar-refractivity contribution in [2.75, 3.05) is 6.54 Å². The average molecular weight is 381 g/mol. The Labute approximate surface area is 157 Å². The molecule has 1 aliphatic heterocycles. The average Bonchev–Trinajstić information content (AvgIpc) is 2.68. The van der Waals surface area contributed by atoms with Crippen molar-refractivity contribution in [2.45, 2.75) is 16.2 Å². The molecule has 0 fully saturated rings. The van der Waals surface area contributed by atoms with E-state index < -0.39 is 15.2 Å². The summed E-state index contributed by atoms with van der Waals surface area (Å²) in [6.07, 6.45) is 0. The lowest BCUT2D eigenvalue weighted by molar-refractivity contribution is 0.469. The number of phenols is 2. The molecule has 0 saturated carbocycles. The maximum Gasteiger partial charge on any atom is 0.198 e. The Morgan fingerprint density at radius 2 is 1.48 bits per heavy atom. The summed E-state index contributed by atoms with van der Waals surface area (Å²) in [6, 6.07) is 20.0. The predicted octanol–water partition coefficient (Wildman–Crippen LogP) is 3.31. The van der Waals surface area contributed by atoms with Crippen molar-refractivity contribution >= 4 is 9.84 Å². The number of nitrogens with one attached hydrogen (secondary N) is 1. The zero-order valence-corrected chi connectivity index (χ0v) is 15.2. The van der Waals surface area contributed by atoms with Gasteiger partial charge in [-0.15, -0.1) is 0 Å². The molecule has 0 aromatic heterocycles. The van der Waals surface area contributed by atoms with Gasteiger partial charge in [-0.05, 0) is 53.1 Å². The number of phenolic OH excluding ortho intramolecular Hbond substituents is 2. The van der Waals surface area contributed by atoms with E-state index in [4.69, 9.17) is 0 Å². The van der Waals surface area contributed by atoms with Crippen LogP contribution in [0.15, 0.2) is 77.7 Å². The summed E-state index contributed by atoms with van der Waals surface area (Å²) in [5.41, 5.74) is 2.35. The van der Waals surface area contributed by atoms with Crippen molar-refractivity contribution in [1.29, 1.82) is 0 Å². The summed E-state index contributed by atoms with van der Waals surface area (Å²) in [7, 11) is -3.67. The van der Waals surface area contributed by atoms with Crippen LogP contribution in [-0.2, 0) is 9.84 Å². The van der Waals surface area contributed by atoms with Gasteiger partial charge >= 0.3 is 0 Å². The summed E-state index contributed by atoms with van der Waals surface area (Å²) in [6.45, 7) is 0.430. The molecule has 0 spiro atoms. The first kappa shape index (κ1) is 17.6. The zero-order valence-electron chi connectivity index (χ0n) is 14.4. The molecule has 5 nitrogen and oxygen atoms in total. The maximum atomic E-state index is 13.2. The highest BCUT2D eigenvalue weighted by atomic mass is 32.2. The molecule has 0 saturated heterocycles. The molecule has 3 N–H and O–H groups in total. The van der Waals surface area contributed by atoms with Crippen LogP contribution in [0, 0.1) is 0 Å². The van der Waals surface area contributed by atoms with Crippen LogP contribution in [0.5, 0.6) is 11.5 Å². The fourth-order valence-corrected chi connectivity index (χ4v) is 5.24. The second kappa shape index (κ2) is 6.72. The second-order valence-corrected chi connectivity index (χ2v) is 8.64. The zero-order chi connectivity index (χ0) is 19.0. The third kappa shape index (κ3) is 3.18. The Morgan fingerprint density at radius 3 is 2.19 bits per heavy atom. The smallest absolute Gasteiger partial charge is 0.198 e. The fraction of sp³-hybridized carbons (Fsp3) is 0.143. The van der Waals surface area contributed by atoms with Crippen LogP contribution in [-0.4, -0.2) is 25.2 Å². The molecule has 3 aromatic carbocycles. The van der Waals surface area contributed by atoms with Gasteiger partial charge in [-0.2, -0.15) is 0 Å². The topological polar surface area (TPSA) is 86.6 Å². The fourth-order valence-electron chi connectivity index (χ4n) is 3.58. The molecule has 0 radical (unpaired) electrons. The van der Waals surface area contributed by atoms with E-state index in [0.29, 0.717) is 12.1 Å². The van der Waals surface area contributed by atoms with Gasteiger partial charge in [0.1, 0.15) is 16.9 Å². The molecule has 1 heterocycles. The van der Waals surface area contributed by atoms with E-state index >= 15 is 0 Å². The molecule has 0 aliphatic carbocycles. The van der Waals surface area contributed by atoms with Gasteiger partial charge in [0.25, 0.3) is 0 Å². The van der Waals surface area contributed by atoms with Crippen LogP contribution in [0.1, 0.15) is 28.0 Å². The van der Waals surface area contributed by atoms with Crippen LogP contribution in [0.3, 0.4) is 0 Å². The van der Waals surface area contributed by atoms with Gasteiger partial charge in [0, 0.05) is 12.5 Å². The molecular formula is C21H19NO4S. The van der Waals surface area contributed by atoms with Crippen molar-refractivity contribution < 1.29 is 18.6 Å². The first-order valence-corrected chi connectivity index (χ1v) is 10.2. The van der Waals surface area contributed by atoms with Gasteiger partial charge in [-0.1, -0.05) is 36.4 Å². The standard InChI is InChI=1S/C21H19NO4S/c23-15-8-6-14(7-9-15)20-13-22-21(19-12-16(24)10-11-18(19)20)27(25,26)17-4-2-1-3-5-17/h1-12,20-24H,13H2. The minimum atomic E-state index is -3.67. The van der Waals surface area contributed by atoms with Gasteiger partial charge in [0.15, 0.2) is 9.84 Å². The Balaban J connectivity index is 1.82. The van der Waals surface area contributed by atoms with E-state index in [-0.39, 0.29) is 22.3 Å². The van der Waals surface area contributed by atoms with Gasteiger partial charge in [0.05, 0.1) is 4.90 Å². The van der Waals surface area contributed by atoms with Crippen LogP contribution < -0.4 is 5.32 Å². The van der Waals surface area contributed by atoms with Gasteiger partial charge in [-0.3, -0.25) is 5.32 Å². The highest BCUT2D eigenvalue weighted by molar-refractivity contribution is 7.91. The molecule has 1 aliphatic rings. The summed E-state index contributed by atoms with van der Waals surface area (Å²) in [4.78, 5) is 0.236. The highest BCUT2D eigenvalue weighted by Gasteiger charge is 2.36. The number of hydrogen-bond donors (Lipinski definition) is 3. The molecule has 138 valence electrons. The number of benzene rings is 3. The molecule has 0 amide bonds. The quantitative estimate of drug-likeness (QED) is 0.648. The van der Waals surface area contributed by atoms with E-state index in [1.807, 2.05) is 12.1 Å². The minimum absolute atomic E-state index is 0.0233. The van der Waals surface area contributed by atoms with E-state index in [9.17, 15) is 18.6 Å². The van der Waals surface area contributed by atoms with Crippen molar-refractivity contribution in [2.24, 2.45) is 0 Å². The van der Waals surface area contributed by atoms with Gasteiger partial charge in [-0.25, -0.2) is 8.42 Å². The number of rotatable bonds is 3. The normalized spacial score (nSPS) is 19.4. The molecule has 6 heteroatoms. The number of hydrogen-bond acceptors (Lipinski definition) is 5. The summed E-state index contributed by atoms with van der Waals surface area (Å²) < 4.78 is 26.3. The van der Waals surface area contributed by atoms with Crippen LogP contribution in [0.25, 0.3) is 0 Å². The largest absolute Gasteiger partial charge is 0.508 e. The number of aromatic hydroxyl groups is 2. The van der Waals surface area contributed by atoms with Gasteiger partial charge < -0.3 is 10.2 Å². The van der Waals surface area contributed by atoms with E-state index in [1.165, 1.54) is 6.07 Å². The Bertz CT molecular complexity index is 1060. The van der Waals surface area contributed by atoms with Crippen molar-refractivity contribution in [1.82, 2.24) is 5.32 Å². The lowest BCUT2D eigenvalue weighted by atomic mass is 9.85. The van der Waals surface area contributed by atoms with Crippen LogP contribution >= 0.6 is 0 Å². The van der Waals surface area contributed by atoms with Crippen LogP contribution in [0.4, 0.5) is 0 Å². The Morgan fingerprint density at radius 1 is 0.815 bits per heavy atom. The highest BCUT2D eigenvalue weighted by Crippen LogP contribution is 2.40. The van der Waals surface area contributed by atoms with Crippen molar-refractivity contribution in [3.8, 4) is 11.5 Å². The van der Waals surface area contributed by atoms with Crippen molar-refractivity contribution in [3.63, 3.8) is 0 Å². The summed E-state index contributed by atoms with van der Waals surface area (Å²) >= 11 is 0. The Hall–Kier alpha value is -2.83. The van der Waals surface area contributed by atoms with Crippen LogP contribution in [0.2, 0.25) is 0 Å². The molecule has 2 atom stereocenters. The molecule has 2 unspecified atom stereocenters. The second-order valence-electron chi connectivity index (χ2n) is 6.60. The lowest BCUT2D eigenvalue weighted by Crippen LogP contribution is -2.37. The third-order valence-corrected chi connectivity index (χ3v) is 6.88.